The van der Waals surface area contributed by atoms with Crippen molar-refractivity contribution in [3.8, 4) is 5.75 Å². The lowest BCUT2D eigenvalue weighted by Crippen LogP contribution is -2.60. The second-order valence-corrected chi connectivity index (χ2v) is 7.78. The first-order chi connectivity index (χ1) is 9.90. The normalized spacial score (nSPS) is 23.7. The summed E-state index contributed by atoms with van der Waals surface area (Å²) in [5, 5.41) is 3.64. The summed E-state index contributed by atoms with van der Waals surface area (Å²) < 4.78 is 13.3. The van der Waals surface area contributed by atoms with Crippen LogP contribution in [-0.4, -0.2) is 25.9 Å². The molecule has 2 rings (SSSR count). The van der Waals surface area contributed by atoms with Gasteiger partial charge in [0.2, 0.25) is 0 Å². The van der Waals surface area contributed by atoms with Crippen molar-refractivity contribution < 1.29 is 9.47 Å². The van der Waals surface area contributed by atoms with Crippen molar-refractivity contribution >= 4 is 31.9 Å². The molecule has 0 radical (unpaired) electrons. The van der Waals surface area contributed by atoms with Gasteiger partial charge in [0.05, 0.1) is 17.7 Å². The minimum absolute atomic E-state index is 0.173. The van der Waals surface area contributed by atoms with Crippen molar-refractivity contribution in [2.75, 3.05) is 13.7 Å². The number of benzene rings is 1. The lowest BCUT2D eigenvalue weighted by molar-refractivity contribution is -0.114. The molecule has 1 aromatic carbocycles. The number of rotatable bonds is 6. The molecule has 0 saturated heterocycles. The van der Waals surface area contributed by atoms with Crippen LogP contribution in [0.1, 0.15) is 32.8 Å². The van der Waals surface area contributed by atoms with Gasteiger partial charge in [-0.3, -0.25) is 0 Å². The molecule has 1 aliphatic rings. The lowest BCUT2D eigenvalue weighted by atomic mass is 9.64. The van der Waals surface area contributed by atoms with Crippen molar-refractivity contribution in [2.45, 2.75) is 45.9 Å². The Morgan fingerprint density at radius 3 is 2.62 bits per heavy atom. The van der Waals surface area contributed by atoms with Crippen molar-refractivity contribution in [2.24, 2.45) is 5.41 Å². The lowest BCUT2D eigenvalue weighted by Gasteiger charge is -2.52. The Bertz CT molecular complexity index is 505. The standard InChI is InChI=1S/C16H23Br2NO2/c1-5-21-14-8-13(16(14,2)3)19-9-10-6-11(17)7-12(18)15(10)20-4/h6-7,13-14,19H,5,8-9H2,1-4H3. The van der Waals surface area contributed by atoms with Gasteiger partial charge in [-0.05, 0) is 41.4 Å². The van der Waals surface area contributed by atoms with E-state index < -0.39 is 0 Å². The number of methoxy groups -OCH3 is 1. The molecule has 0 aromatic heterocycles. The zero-order chi connectivity index (χ0) is 15.6. The van der Waals surface area contributed by atoms with Gasteiger partial charge >= 0.3 is 0 Å². The van der Waals surface area contributed by atoms with Crippen LogP contribution in [0.25, 0.3) is 0 Å². The largest absolute Gasteiger partial charge is 0.495 e. The highest BCUT2D eigenvalue weighted by atomic mass is 79.9. The van der Waals surface area contributed by atoms with Crippen LogP contribution in [0.2, 0.25) is 0 Å². The Balaban J connectivity index is 2.02. The minimum atomic E-state index is 0.173. The molecule has 5 heteroatoms. The molecule has 0 bridgehead atoms. The molecule has 0 amide bonds. The first kappa shape index (κ1) is 17.3. The van der Waals surface area contributed by atoms with Crippen LogP contribution in [0.5, 0.6) is 5.75 Å². The zero-order valence-electron chi connectivity index (χ0n) is 13.0. The molecule has 1 fully saturated rings. The summed E-state index contributed by atoms with van der Waals surface area (Å²) in [6, 6.07) is 4.57. The van der Waals surface area contributed by atoms with E-state index in [0.717, 1.165) is 39.8 Å². The van der Waals surface area contributed by atoms with E-state index in [2.05, 4.69) is 64.0 Å². The third-order valence-electron chi connectivity index (χ3n) is 4.37. The smallest absolute Gasteiger partial charge is 0.137 e. The monoisotopic (exact) mass is 419 g/mol. The van der Waals surface area contributed by atoms with E-state index in [0.29, 0.717) is 12.1 Å². The summed E-state index contributed by atoms with van der Waals surface area (Å²) in [6.45, 7) is 8.16. The summed E-state index contributed by atoms with van der Waals surface area (Å²) >= 11 is 7.08. The summed E-state index contributed by atoms with van der Waals surface area (Å²) in [4.78, 5) is 0. The SMILES string of the molecule is CCOC1CC(NCc2cc(Br)cc(Br)c2OC)C1(C)C. The Hall–Kier alpha value is -0.100. The molecular formula is C16H23Br2NO2. The Morgan fingerprint density at radius 1 is 1.33 bits per heavy atom. The van der Waals surface area contributed by atoms with E-state index in [9.17, 15) is 0 Å². The van der Waals surface area contributed by atoms with Crippen LogP contribution in [0, 0.1) is 5.41 Å². The van der Waals surface area contributed by atoms with Gasteiger partial charge < -0.3 is 14.8 Å². The molecule has 21 heavy (non-hydrogen) atoms. The Morgan fingerprint density at radius 2 is 2.05 bits per heavy atom. The number of ether oxygens (including phenoxy) is 2. The molecule has 118 valence electrons. The maximum absolute atomic E-state index is 5.78. The van der Waals surface area contributed by atoms with Crippen molar-refractivity contribution in [3.05, 3.63) is 26.6 Å². The highest BCUT2D eigenvalue weighted by Gasteiger charge is 2.48. The molecule has 2 atom stereocenters. The van der Waals surface area contributed by atoms with E-state index in [1.54, 1.807) is 7.11 Å². The summed E-state index contributed by atoms with van der Waals surface area (Å²) in [5.41, 5.74) is 1.32. The van der Waals surface area contributed by atoms with Crippen molar-refractivity contribution in [1.82, 2.24) is 5.32 Å². The fraction of sp³-hybridized carbons (Fsp3) is 0.625. The van der Waals surface area contributed by atoms with Gasteiger partial charge in [-0.15, -0.1) is 0 Å². The third-order valence-corrected chi connectivity index (χ3v) is 5.42. The fourth-order valence-electron chi connectivity index (χ4n) is 2.92. The van der Waals surface area contributed by atoms with Gasteiger partial charge in [0.25, 0.3) is 0 Å². The maximum atomic E-state index is 5.78. The fourth-order valence-corrected chi connectivity index (χ4v) is 4.40. The van der Waals surface area contributed by atoms with Crippen LogP contribution < -0.4 is 10.1 Å². The number of hydrogen-bond donors (Lipinski definition) is 1. The summed E-state index contributed by atoms with van der Waals surface area (Å²) in [5.74, 6) is 0.893. The Kier molecular flexibility index (Phi) is 5.74. The number of hydrogen-bond acceptors (Lipinski definition) is 3. The average molecular weight is 421 g/mol. The van der Waals surface area contributed by atoms with Gasteiger partial charge in [0, 0.05) is 34.6 Å². The van der Waals surface area contributed by atoms with Crippen molar-refractivity contribution in [1.29, 1.82) is 0 Å². The van der Waals surface area contributed by atoms with Gasteiger partial charge in [-0.1, -0.05) is 29.8 Å². The van der Waals surface area contributed by atoms with Gasteiger partial charge in [-0.2, -0.15) is 0 Å². The van der Waals surface area contributed by atoms with Crippen LogP contribution in [0.4, 0.5) is 0 Å². The number of halogens is 2. The molecule has 1 saturated carbocycles. The highest BCUT2D eigenvalue weighted by Crippen LogP contribution is 2.43. The van der Waals surface area contributed by atoms with E-state index in [-0.39, 0.29) is 5.41 Å². The summed E-state index contributed by atoms with van der Waals surface area (Å²) in [7, 11) is 1.70. The van der Waals surface area contributed by atoms with E-state index in [1.165, 1.54) is 0 Å². The molecule has 1 N–H and O–H groups in total. The number of nitrogens with one attached hydrogen (secondary N) is 1. The minimum Gasteiger partial charge on any atom is -0.495 e. The third kappa shape index (κ3) is 3.63. The molecule has 3 nitrogen and oxygen atoms in total. The second-order valence-electron chi connectivity index (χ2n) is 6.01. The molecule has 0 spiro atoms. The first-order valence-corrected chi connectivity index (χ1v) is 8.85. The van der Waals surface area contributed by atoms with Gasteiger partial charge in [0.15, 0.2) is 0 Å². The average Bonchev–Trinajstić information content (AvgIpc) is 2.41. The predicted octanol–water partition coefficient (Wildman–Crippen LogP) is 4.51. The van der Waals surface area contributed by atoms with E-state index in [1.807, 2.05) is 6.07 Å². The second kappa shape index (κ2) is 6.99. The molecule has 1 aromatic rings. The van der Waals surface area contributed by atoms with Crippen LogP contribution >= 0.6 is 31.9 Å². The van der Waals surface area contributed by atoms with Crippen molar-refractivity contribution in [3.63, 3.8) is 0 Å². The Labute approximate surface area is 144 Å². The molecule has 0 aliphatic heterocycles. The molecular weight excluding hydrogens is 398 g/mol. The van der Waals surface area contributed by atoms with Crippen LogP contribution in [-0.2, 0) is 11.3 Å². The predicted molar refractivity (Wildman–Crippen MR) is 92.8 cm³/mol. The van der Waals surface area contributed by atoms with Crippen LogP contribution in [0.3, 0.4) is 0 Å². The van der Waals surface area contributed by atoms with Crippen LogP contribution in [0.15, 0.2) is 21.1 Å². The quantitative estimate of drug-likeness (QED) is 0.734. The van der Waals surface area contributed by atoms with Gasteiger partial charge in [-0.25, -0.2) is 0 Å². The molecule has 0 heterocycles. The highest BCUT2D eigenvalue weighted by molar-refractivity contribution is 9.11. The van der Waals surface area contributed by atoms with Gasteiger partial charge in [0.1, 0.15) is 5.75 Å². The molecule has 1 aliphatic carbocycles. The first-order valence-electron chi connectivity index (χ1n) is 7.27. The topological polar surface area (TPSA) is 30.5 Å². The van der Waals surface area contributed by atoms with E-state index in [4.69, 9.17) is 9.47 Å². The summed E-state index contributed by atoms with van der Waals surface area (Å²) in [6.07, 6.45) is 1.43. The zero-order valence-corrected chi connectivity index (χ0v) is 16.2. The molecule has 2 unspecified atom stereocenters. The van der Waals surface area contributed by atoms with E-state index >= 15 is 0 Å². The maximum Gasteiger partial charge on any atom is 0.137 e.